The van der Waals surface area contributed by atoms with Gasteiger partial charge in [0.2, 0.25) is 0 Å². The number of hydrogen-bond donors (Lipinski definition) is 3. The molecule has 1 heterocycles. The third-order valence-electron chi connectivity index (χ3n) is 2.89. The first-order valence-corrected chi connectivity index (χ1v) is 5.71. The average Bonchev–Trinajstić information content (AvgIpc) is 2.33. The summed E-state index contributed by atoms with van der Waals surface area (Å²) in [5.41, 5.74) is 12.7. The van der Waals surface area contributed by atoms with Crippen LogP contribution in [0, 0.1) is 0 Å². The quantitative estimate of drug-likeness (QED) is 0.680. The Labute approximate surface area is 100 Å². The van der Waals surface area contributed by atoms with Crippen molar-refractivity contribution in [3.8, 4) is 0 Å². The van der Waals surface area contributed by atoms with Crippen molar-refractivity contribution in [2.24, 2.45) is 5.73 Å². The smallest absolute Gasteiger partial charge is 0.250 e. The number of primary amides is 1. The molecule has 17 heavy (non-hydrogen) atoms. The maximum atomic E-state index is 11.2. The maximum absolute atomic E-state index is 11.2. The first kappa shape index (κ1) is 11.7. The zero-order chi connectivity index (χ0) is 12.3. The molecular formula is C12H17N3O2. The van der Waals surface area contributed by atoms with Gasteiger partial charge in [-0.1, -0.05) is 6.07 Å². The van der Waals surface area contributed by atoms with Crippen molar-refractivity contribution in [2.45, 2.75) is 18.9 Å². The number of carbonyl (C=O) groups is 1. The molecule has 2 rings (SSSR count). The molecule has 1 aromatic carbocycles. The van der Waals surface area contributed by atoms with Crippen LogP contribution in [0.3, 0.4) is 0 Å². The lowest BCUT2D eigenvalue weighted by atomic mass is 10.1. The Morgan fingerprint density at radius 3 is 2.94 bits per heavy atom. The van der Waals surface area contributed by atoms with Gasteiger partial charge in [-0.25, -0.2) is 0 Å². The number of para-hydroxylation sites is 1. The second kappa shape index (κ2) is 5.05. The van der Waals surface area contributed by atoms with Crippen molar-refractivity contribution < 1.29 is 9.53 Å². The van der Waals surface area contributed by atoms with Crippen LogP contribution in [-0.2, 0) is 4.74 Å². The summed E-state index contributed by atoms with van der Waals surface area (Å²) in [5.74, 6) is -0.508. The highest BCUT2D eigenvalue weighted by Gasteiger charge is 2.16. The summed E-state index contributed by atoms with van der Waals surface area (Å²) < 4.78 is 5.38. The summed E-state index contributed by atoms with van der Waals surface area (Å²) in [5, 5.41) is 3.29. The molecule has 92 valence electrons. The molecule has 1 atom stereocenters. The lowest BCUT2D eigenvalue weighted by Crippen LogP contribution is -2.30. The predicted octanol–water partition coefficient (Wildman–Crippen LogP) is 0.959. The third kappa shape index (κ3) is 2.68. The maximum Gasteiger partial charge on any atom is 0.250 e. The van der Waals surface area contributed by atoms with Crippen molar-refractivity contribution in [1.82, 2.24) is 0 Å². The molecule has 0 saturated carbocycles. The Balaban J connectivity index is 2.15. The number of benzene rings is 1. The normalized spacial score (nSPS) is 19.9. The summed E-state index contributed by atoms with van der Waals surface area (Å²) in [6, 6.07) is 5.48. The van der Waals surface area contributed by atoms with Crippen LogP contribution in [0.1, 0.15) is 23.2 Å². The van der Waals surface area contributed by atoms with Crippen molar-refractivity contribution >= 4 is 17.3 Å². The van der Waals surface area contributed by atoms with Crippen molar-refractivity contribution in [1.29, 1.82) is 0 Å². The predicted molar refractivity (Wildman–Crippen MR) is 66.8 cm³/mol. The summed E-state index contributed by atoms with van der Waals surface area (Å²) in [4.78, 5) is 11.2. The van der Waals surface area contributed by atoms with Gasteiger partial charge in [-0.2, -0.15) is 0 Å². The van der Waals surface area contributed by atoms with E-state index in [4.69, 9.17) is 16.2 Å². The first-order valence-electron chi connectivity index (χ1n) is 5.71. The minimum atomic E-state index is -0.508. The molecule has 5 nitrogen and oxygen atoms in total. The van der Waals surface area contributed by atoms with Crippen LogP contribution >= 0.6 is 0 Å². The molecule has 5 heteroatoms. The second-order valence-electron chi connectivity index (χ2n) is 4.19. The highest BCUT2D eigenvalue weighted by atomic mass is 16.5. The van der Waals surface area contributed by atoms with Crippen LogP contribution in [0.25, 0.3) is 0 Å². The van der Waals surface area contributed by atoms with E-state index in [1.165, 1.54) is 0 Å². The monoisotopic (exact) mass is 235 g/mol. The number of nitrogens with two attached hydrogens (primary N) is 2. The Morgan fingerprint density at radius 2 is 2.29 bits per heavy atom. The summed E-state index contributed by atoms with van der Waals surface area (Å²) in [6.07, 6.45) is 2.08. The molecule has 1 aromatic rings. The lowest BCUT2D eigenvalue weighted by molar-refractivity contribution is 0.0876. The minimum Gasteiger partial charge on any atom is -0.396 e. The van der Waals surface area contributed by atoms with Crippen LogP contribution in [0.4, 0.5) is 11.4 Å². The van der Waals surface area contributed by atoms with E-state index in [0.717, 1.165) is 25.1 Å². The van der Waals surface area contributed by atoms with Crippen LogP contribution in [-0.4, -0.2) is 25.2 Å². The third-order valence-corrected chi connectivity index (χ3v) is 2.89. The van der Waals surface area contributed by atoms with E-state index < -0.39 is 5.91 Å². The molecule has 1 aliphatic heterocycles. The molecule has 1 amide bonds. The van der Waals surface area contributed by atoms with Gasteiger partial charge in [-0.05, 0) is 25.0 Å². The Morgan fingerprint density at radius 1 is 1.47 bits per heavy atom. The Bertz CT molecular complexity index is 414. The molecule has 5 N–H and O–H groups in total. The molecule has 1 fully saturated rings. The largest absolute Gasteiger partial charge is 0.396 e. The lowest BCUT2D eigenvalue weighted by Gasteiger charge is -2.25. The standard InChI is InChI=1S/C12H17N3O2/c13-11-9(12(14)16)4-1-5-10(11)15-8-3-2-6-17-7-8/h1,4-5,8,15H,2-3,6-7,13H2,(H2,14,16). The molecular weight excluding hydrogens is 218 g/mol. The van der Waals surface area contributed by atoms with Gasteiger partial charge in [0, 0.05) is 12.6 Å². The van der Waals surface area contributed by atoms with Gasteiger partial charge in [0.1, 0.15) is 0 Å². The van der Waals surface area contributed by atoms with Gasteiger partial charge in [-0.15, -0.1) is 0 Å². The number of amides is 1. The molecule has 0 bridgehead atoms. The fourth-order valence-electron chi connectivity index (χ4n) is 1.98. The number of nitrogens with one attached hydrogen (secondary N) is 1. The van der Waals surface area contributed by atoms with E-state index in [1.807, 2.05) is 6.07 Å². The van der Waals surface area contributed by atoms with Crippen LogP contribution < -0.4 is 16.8 Å². The zero-order valence-corrected chi connectivity index (χ0v) is 9.61. The Hall–Kier alpha value is -1.75. The van der Waals surface area contributed by atoms with Gasteiger partial charge in [0.05, 0.1) is 23.5 Å². The molecule has 0 spiro atoms. The van der Waals surface area contributed by atoms with Crippen molar-refractivity contribution in [3.05, 3.63) is 23.8 Å². The number of hydrogen-bond acceptors (Lipinski definition) is 4. The average molecular weight is 235 g/mol. The van der Waals surface area contributed by atoms with E-state index in [-0.39, 0.29) is 6.04 Å². The topological polar surface area (TPSA) is 90.4 Å². The van der Waals surface area contributed by atoms with E-state index in [0.29, 0.717) is 17.9 Å². The number of ether oxygens (including phenoxy) is 1. The molecule has 1 saturated heterocycles. The Kier molecular flexibility index (Phi) is 3.49. The van der Waals surface area contributed by atoms with Crippen LogP contribution in [0.5, 0.6) is 0 Å². The summed E-state index contributed by atoms with van der Waals surface area (Å²) in [6.45, 7) is 1.48. The molecule has 0 aromatic heterocycles. The van der Waals surface area contributed by atoms with Crippen molar-refractivity contribution in [3.63, 3.8) is 0 Å². The van der Waals surface area contributed by atoms with E-state index in [9.17, 15) is 4.79 Å². The highest BCUT2D eigenvalue weighted by molar-refractivity contribution is 6.00. The molecule has 0 radical (unpaired) electrons. The zero-order valence-electron chi connectivity index (χ0n) is 9.61. The fraction of sp³-hybridized carbons (Fsp3) is 0.417. The van der Waals surface area contributed by atoms with Crippen molar-refractivity contribution in [2.75, 3.05) is 24.3 Å². The number of nitrogen functional groups attached to an aromatic ring is 1. The molecule has 0 aliphatic carbocycles. The van der Waals surface area contributed by atoms with Gasteiger partial charge < -0.3 is 21.5 Å². The molecule has 1 aliphatic rings. The number of rotatable bonds is 3. The van der Waals surface area contributed by atoms with E-state index in [1.54, 1.807) is 12.1 Å². The second-order valence-corrected chi connectivity index (χ2v) is 4.19. The fourth-order valence-corrected chi connectivity index (χ4v) is 1.98. The highest BCUT2D eigenvalue weighted by Crippen LogP contribution is 2.24. The van der Waals surface area contributed by atoms with Gasteiger partial charge in [-0.3, -0.25) is 4.79 Å². The minimum absolute atomic E-state index is 0.245. The SMILES string of the molecule is NC(=O)c1cccc(NC2CCCOC2)c1N. The van der Waals surface area contributed by atoms with Gasteiger partial charge in [0.25, 0.3) is 5.91 Å². The van der Waals surface area contributed by atoms with Crippen LogP contribution in [0.2, 0.25) is 0 Å². The summed E-state index contributed by atoms with van der Waals surface area (Å²) in [7, 11) is 0. The van der Waals surface area contributed by atoms with Gasteiger partial charge >= 0.3 is 0 Å². The van der Waals surface area contributed by atoms with Gasteiger partial charge in [0.15, 0.2) is 0 Å². The summed E-state index contributed by atoms with van der Waals surface area (Å²) >= 11 is 0. The number of carbonyl (C=O) groups excluding carboxylic acids is 1. The van der Waals surface area contributed by atoms with E-state index in [2.05, 4.69) is 5.32 Å². The number of anilines is 2. The van der Waals surface area contributed by atoms with Crippen LogP contribution in [0.15, 0.2) is 18.2 Å². The first-order chi connectivity index (χ1) is 8.18. The molecule has 1 unspecified atom stereocenters. The van der Waals surface area contributed by atoms with E-state index >= 15 is 0 Å².